The molecule has 5 nitrogen and oxygen atoms in total. The average Bonchev–Trinajstić information content (AvgIpc) is 3.12. The summed E-state index contributed by atoms with van der Waals surface area (Å²) in [6.07, 6.45) is 12.9. The summed E-state index contributed by atoms with van der Waals surface area (Å²) >= 11 is 4.39. The number of hydrogen-bond acceptors (Lipinski definition) is 4. The van der Waals surface area contributed by atoms with E-state index in [-0.39, 0.29) is 0 Å². The first-order valence-corrected chi connectivity index (χ1v) is 7.89. The summed E-state index contributed by atoms with van der Waals surface area (Å²) in [7, 11) is 1.90. The second kappa shape index (κ2) is 5.28. The summed E-state index contributed by atoms with van der Waals surface area (Å²) in [6.45, 7) is 0. The lowest BCUT2D eigenvalue weighted by atomic mass is 9.94. The number of fused-ring (bicyclic) bond motifs is 1. The molecule has 0 N–H and O–H groups in total. The zero-order valence-corrected chi connectivity index (χ0v) is 13.3. The summed E-state index contributed by atoms with van der Waals surface area (Å²) in [5.74, 6) is 0. The third-order valence-electron chi connectivity index (χ3n) is 4.15. The maximum Gasteiger partial charge on any atom is 0.170 e. The van der Waals surface area contributed by atoms with Gasteiger partial charge in [-0.2, -0.15) is 14.3 Å². The van der Waals surface area contributed by atoms with Crippen LogP contribution in [-0.2, 0) is 7.05 Å². The first kappa shape index (κ1) is 13.6. The van der Waals surface area contributed by atoms with E-state index >= 15 is 0 Å². The molecular weight excluding hydrogens is 294 g/mol. The predicted octanol–water partition coefficient (Wildman–Crippen LogP) is 3.48. The van der Waals surface area contributed by atoms with E-state index in [0.29, 0.717) is 0 Å². The van der Waals surface area contributed by atoms with E-state index in [2.05, 4.69) is 40.1 Å². The molecule has 0 saturated carbocycles. The largest absolute Gasteiger partial charge is 0.275 e. The summed E-state index contributed by atoms with van der Waals surface area (Å²) < 4.78 is 3.32. The molecule has 0 spiro atoms. The SMILES string of the molecule is Cn1cc(-c2nn(S)c3ncc(C4=CCCCC4)cc23)cn1. The molecule has 3 aromatic heterocycles. The molecule has 0 radical (unpaired) electrons. The fourth-order valence-electron chi connectivity index (χ4n) is 3.02. The third-order valence-corrected chi connectivity index (χ3v) is 4.42. The van der Waals surface area contributed by atoms with E-state index in [1.165, 1.54) is 28.1 Å². The van der Waals surface area contributed by atoms with Crippen molar-refractivity contribution in [2.75, 3.05) is 0 Å². The van der Waals surface area contributed by atoms with Crippen molar-refractivity contribution >= 4 is 29.4 Å². The van der Waals surface area contributed by atoms with Gasteiger partial charge in [-0.05, 0) is 55.7 Å². The van der Waals surface area contributed by atoms with Gasteiger partial charge in [0.2, 0.25) is 0 Å². The van der Waals surface area contributed by atoms with Crippen molar-refractivity contribution in [1.82, 2.24) is 24.0 Å². The van der Waals surface area contributed by atoms with Gasteiger partial charge in [0.25, 0.3) is 0 Å². The highest BCUT2D eigenvalue weighted by atomic mass is 32.1. The van der Waals surface area contributed by atoms with E-state index in [4.69, 9.17) is 0 Å². The number of hydrogen-bond donors (Lipinski definition) is 1. The monoisotopic (exact) mass is 311 g/mol. The van der Waals surface area contributed by atoms with Crippen LogP contribution in [0.3, 0.4) is 0 Å². The van der Waals surface area contributed by atoms with Gasteiger partial charge < -0.3 is 0 Å². The van der Waals surface area contributed by atoms with Gasteiger partial charge in [-0.3, -0.25) is 4.68 Å². The highest BCUT2D eigenvalue weighted by molar-refractivity contribution is 7.78. The highest BCUT2D eigenvalue weighted by Crippen LogP contribution is 2.32. The summed E-state index contributed by atoms with van der Waals surface area (Å²) in [5.41, 5.74) is 5.23. The van der Waals surface area contributed by atoms with Crippen LogP contribution in [-0.4, -0.2) is 24.0 Å². The molecule has 3 heterocycles. The van der Waals surface area contributed by atoms with Crippen molar-refractivity contribution in [3.63, 3.8) is 0 Å². The van der Waals surface area contributed by atoms with Crippen LogP contribution in [0.2, 0.25) is 0 Å². The van der Waals surface area contributed by atoms with Crippen LogP contribution in [0.25, 0.3) is 27.9 Å². The molecule has 112 valence electrons. The lowest BCUT2D eigenvalue weighted by Gasteiger charge is -2.12. The second-order valence-corrected chi connectivity index (χ2v) is 6.09. The Balaban J connectivity index is 1.89. The molecule has 0 aromatic carbocycles. The first-order valence-electron chi connectivity index (χ1n) is 7.49. The van der Waals surface area contributed by atoms with Crippen LogP contribution in [0.4, 0.5) is 0 Å². The quantitative estimate of drug-likeness (QED) is 0.737. The standard InChI is InChI=1S/C16H17N5S/c1-20-10-13(9-18-20)15-14-7-12(11-5-3-2-4-6-11)8-17-16(14)21(22)19-15/h5,7-10,22H,2-4,6H2,1H3. The molecule has 22 heavy (non-hydrogen) atoms. The van der Waals surface area contributed by atoms with E-state index in [1.54, 1.807) is 4.68 Å². The molecule has 1 aliphatic rings. The molecule has 6 heteroatoms. The van der Waals surface area contributed by atoms with E-state index < -0.39 is 0 Å². The molecule has 0 saturated heterocycles. The van der Waals surface area contributed by atoms with Crippen molar-refractivity contribution in [2.45, 2.75) is 25.7 Å². The third kappa shape index (κ3) is 2.23. The van der Waals surface area contributed by atoms with Gasteiger partial charge in [-0.15, -0.1) is 0 Å². The summed E-state index contributed by atoms with van der Waals surface area (Å²) in [4.78, 5) is 4.56. The van der Waals surface area contributed by atoms with Crippen molar-refractivity contribution in [1.29, 1.82) is 0 Å². The van der Waals surface area contributed by atoms with Crippen LogP contribution >= 0.6 is 12.8 Å². The Morgan fingerprint density at radius 2 is 2.09 bits per heavy atom. The van der Waals surface area contributed by atoms with Crippen LogP contribution in [0, 0.1) is 0 Å². The minimum absolute atomic E-state index is 0.780. The second-order valence-electron chi connectivity index (χ2n) is 5.71. The predicted molar refractivity (Wildman–Crippen MR) is 90.6 cm³/mol. The lowest BCUT2D eigenvalue weighted by Crippen LogP contribution is -1.93. The topological polar surface area (TPSA) is 48.5 Å². The molecule has 0 atom stereocenters. The molecule has 1 aliphatic carbocycles. The van der Waals surface area contributed by atoms with Crippen LogP contribution in [0.1, 0.15) is 31.2 Å². The van der Waals surface area contributed by atoms with Gasteiger partial charge in [-0.1, -0.05) is 6.08 Å². The van der Waals surface area contributed by atoms with Crippen molar-refractivity contribution < 1.29 is 0 Å². The molecule has 0 aliphatic heterocycles. The molecule has 3 aromatic rings. The number of rotatable bonds is 2. The van der Waals surface area contributed by atoms with Crippen molar-refractivity contribution in [3.05, 3.63) is 36.3 Å². The minimum Gasteiger partial charge on any atom is -0.275 e. The Labute approximate surface area is 134 Å². The molecule has 0 amide bonds. The number of aromatic nitrogens is 5. The number of thiol groups is 1. The normalized spacial score (nSPS) is 15.3. The Bertz CT molecular complexity index is 874. The maximum absolute atomic E-state index is 4.56. The minimum atomic E-state index is 0.780. The lowest BCUT2D eigenvalue weighted by molar-refractivity contribution is 0.742. The molecule has 4 rings (SSSR count). The average molecular weight is 311 g/mol. The summed E-state index contributed by atoms with van der Waals surface area (Å²) in [6, 6.07) is 2.18. The smallest absolute Gasteiger partial charge is 0.170 e. The molecule has 0 bridgehead atoms. The van der Waals surface area contributed by atoms with Crippen molar-refractivity contribution in [2.24, 2.45) is 7.05 Å². The zero-order valence-electron chi connectivity index (χ0n) is 12.4. The van der Waals surface area contributed by atoms with Crippen LogP contribution < -0.4 is 0 Å². The fourth-order valence-corrected chi connectivity index (χ4v) is 3.27. The summed E-state index contributed by atoms with van der Waals surface area (Å²) in [5, 5.41) is 9.76. The first-order chi connectivity index (χ1) is 10.7. The number of allylic oxidation sites excluding steroid dienone is 2. The van der Waals surface area contributed by atoms with Crippen LogP contribution in [0.5, 0.6) is 0 Å². The Hall–Kier alpha value is -2.08. The van der Waals surface area contributed by atoms with E-state index in [1.807, 2.05) is 25.6 Å². The van der Waals surface area contributed by atoms with E-state index in [9.17, 15) is 0 Å². The van der Waals surface area contributed by atoms with Gasteiger partial charge >= 0.3 is 0 Å². The van der Waals surface area contributed by atoms with Crippen molar-refractivity contribution in [3.8, 4) is 11.3 Å². The Morgan fingerprint density at radius 3 is 2.82 bits per heavy atom. The zero-order chi connectivity index (χ0) is 15.1. The van der Waals surface area contributed by atoms with Gasteiger partial charge in [0.1, 0.15) is 5.69 Å². The fraction of sp³-hybridized carbons (Fsp3) is 0.312. The number of pyridine rings is 1. The number of nitrogens with zero attached hydrogens (tertiary/aromatic N) is 5. The Morgan fingerprint density at radius 1 is 1.18 bits per heavy atom. The highest BCUT2D eigenvalue weighted by Gasteiger charge is 2.16. The van der Waals surface area contributed by atoms with Gasteiger partial charge in [0, 0.05) is 30.4 Å². The van der Waals surface area contributed by atoms with Gasteiger partial charge in [0.15, 0.2) is 5.65 Å². The number of aryl methyl sites for hydroxylation is 1. The molecule has 0 fully saturated rings. The maximum atomic E-state index is 4.56. The molecular formula is C16H17N5S. The van der Waals surface area contributed by atoms with E-state index in [0.717, 1.165) is 35.1 Å². The van der Waals surface area contributed by atoms with Gasteiger partial charge in [-0.25, -0.2) is 4.98 Å². The van der Waals surface area contributed by atoms with Crippen LogP contribution in [0.15, 0.2) is 30.7 Å². The van der Waals surface area contributed by atoms with Gasteiger partial charge in [0.05, 0.1) is 6.20 Å². The molecule has 0 unspecified atom stereocenters. The Kier molecular flexibility index (Phi) is 3.26.